The Balaban J connectivity index is 1.91. The second kappa shape index (κ2) is 10.9. The summed E-state index contributed by atoms with van der Waals surface area (Å²) in [4.78, 5) is 24.4. The topological polar surface area (TPSA) is 63.6 Å². The van der Waals surface area contributed by atoms with Crippen LogP contribution in [0.4, 0.5) is 0 Å². The van der Waals surface area contributed by atoms with Gasteiger partial charge in [0.2, 0.25) is 0 Å². The fourth-order valence-electron chi connectivity index (χ4n) is 4.82. The van der Waals surface area contributed by atoms with Crippen molar-refractivity contribution in [3.63, 3.8) is 0 Å². The van der Waals surface area contributed by atoms with Gasteiger partial charge in [-0.05, 0) is 51.4 Å². The molecule has 4 nitrogen and oxygen atoms in total. The maximum atomic E-state index is 12.9. The molecule has 2 fully saturated rings. The van der Waals surface area contributed by atoms with Crippen LogP contribution >= 0.6 is 0 Å². The molecule has 0 radical (unpaired) electrons. The fourth-order valence-corrected chi connectivity index (χ4v) is 4.82. The Hall–Kier alpha value is -1.06. The Labute approximate surface area is 159 Å². The lowest BCUT2D eigenvalue weighted by Gasteiger charge is -2.39. The van der Waals surface area contributed by atoms with E-state index in [1.54, 1.807) is 0 Å². The normalized spacial score (nSPS) is 25.6. The number of carbonyl (C=O) groups is 2. The third-order valence-corrected chi connectivity index (χ3v) is 6.45. The summed E-state index contributed by atoms with van der Waals surface area (Å²) in [5.74, 6) is -2.05. The smallest absolute Gasteiger partial charge is 0.310 e. The summed E-state index contributed by atoms with van der Waals surface area (Å²) in [6.07, 6.45) is 16.9. The summed E-state index contributed by atoms with van der Waals surface area (Å²) in [5, 5.41) is 9.46. The predicted octanol–water partition coefficient (Wildman–Crippen LogP) is 5.87. The van der Waals surface area contributed by atoms with Crippen molar-refractivity contribution in [2.24, 2.45) is 11.8 Å². The number of ether oxygens (including phenoxy) is 1. The van der Waals surface area contributed by atoms with Crippen molar-refractivity contribution < 1.29 is 19.4 Å². The molecule has 1 N–H and O–H groups in total. The van der Waals surface area contributed by atoms with Crippen molar-refractivity contribution >= 4 is 11.9 Å². The van der Waals surface area contributed by atoms with E-state index in [0.29, 0.717) is 12.8 Å². The zero-order valence-corrected chi connectivity index (χ0v) is 16.6. The van der Waals surface area contributed by atoms with Gasteiger partial charge in [-0.15, -0.1) is 0 Å². The molecule has 2 aliphatic carbocycles. The molecule has 0 heterocycles. The number of esters is 1. The van der Waals surface area contributed by atoms with E-state index in [2.05, 4.69) is 6.92 Å². The minimum Gasteiger partial charge on any atom is -0.481 e. The zero-order valence-electron chi connectivity index (χ0n) is 16.6. The van der Waals surface area contributed by atoms with Crippen LogP contribution in [-0.4, -0.2) is 22.6 Å². The summed E-state index contributed by atoms with van der Waals surface area (Å²) < 4.78 is 6.12. The zero-order chi connectivity index (χ0) is 18.8. The number of hydrogen-bond donors (Lipinski definition) is 1. The lowest BCUT2D eigenvalue weighted by molar-refractivity contribution is -0.176. The lowest BCUT2D eigenvalue weighted by atomic mass is 9.78. The third kappa shape index (κ3) is 6.28. The molecule has 0 spiro atoms. The summed E-state index contributed by atoms with van der Waals surface area (Å²) in [6, 6.07) is 0. The van der Waals surface area contributed by atoms with Crippen LogP contribution in [0.2, 0.25) is 0 Å². The Morgan fingerprint density at radius 2 is 1.50 bits per heavy atom. The van der Waals surface area contributed by atoms with Gasteiger partial charge < -0.3 is 9.84 Å². The maximum Gasteiger partial charge on any atom is 0.310 e. The minimum atomic E-state index is -0.833. The number of hydrogen-bond acceptors (Lipinski definition) is 3. The highest BCUT2D eigenvalue weighted by Crippen LogP contribution is 2.39. The Morgan fingerprint density at radius 3 is 2.15 bits per heavy atom. The lowest BCUT2D eigenvalue weighted by Crippen LogP contribution is -2.42. The molecule has 0 saturated heterocycles. The van der Waals surface area contributed by atoms with Gasteiger partial charge in [0.1, 0.15) is 5.60 Å². The van der Waals surface area contributed by atoms with Crippen LogP contribution < -0.4 is 0 Å². The molecule has 0 aromatic carbocycles. The maximum absolute atomic E-state index is 12.9. The van der Waals surface area contributed by atoms with Gasteiger partial charge in [0.25, 0.3) is 0 Å². The van der Waals surface area contributed by atoms with Crippen LogP contribution in [-0.2, 0) is 14.3 Å². The number of carboxylic acids is 1. The van der Waals surface area contributed by atoms with E-state index in [0.717, 1.165) is 51.4 Å². The fraction of sp³-hybridized carbons (Fsp3) is 0.909. The number of carboxylic acid groups (broad SMARTS) is 1. The molecule has 2 unspecified atom stereocenters. The molecule has 0 bridgehead atoms. The van der Waals surface area contributed by atoms with Crippen LogP contribution in [0.25, 0.3) is 0 Å². The molecule has 26 heavy (non-hydrogen) atoms. The molecule has 150 valence electrons. The second-order valence-corrected chi connectivity index (χ2v) is 8.52. The summed E-state index contributed by atoms with van der Waals surface area (Å²) in [5.41, 5.74) is -0.319. The molecule has 2 rings (SSSR count). The van der Waals surface area contributed by atoms with E-state index in [9.17, 15) is 14.7 Å². The van der Waals surface area contributed by atoms with Crippen molar-refractivity contribution in [2.75, 3.05) is 0 Å². The van der Waals surface area contributed by atoms with E-state index in [1.165, 1.54) is 38.5 Å². The van der Waals surface area contributed by atoms with E-state index in [1.807, 2.05) is 0 Å². The first-order valence-electron chi connectivity index (χ1n) is 11.0. The molecule has 4 heteroatoms. The van der Waals surface area contributed by atoms with Crippen molar-refractivity contribution in [2.45, 2.75) is 115 Å². The molecular formula is C22H38O4. The van der Waals surface area contributed by atoms with Gasteiger partial charge in [-0.25, -0.2) is 0 Å². The largest absolute Gasteiger partial charge is 0.481 e. The van der Waals surface area contributed by atoms with Crippen molar-refractivity contribution in [1.82, 2.24) is 0 Å². The molecule has 2 atom stereocenters. The van der Waals surface area contributed by atoms with Crippen molar-refractivity contribution in [1.29, 1.82) is 0 Å². The molecule has 0 amide bonds. The monoisotopic (exact) mass is 366 g/mol. The van der Waals surface area contributed by atoms with Gasteiger partial charge in [0.15, 0.2) is 0 Å². The second-order valence-electron chi connectivity index (χ2n) is 8.52. The van der Waals surface area contributed by atoms with E-state index < -0.39 is 17.8 Å². The van der Waals surface area contributed by atoms with Crippen molar-refractivity contribution in [3.8, 4) is 0 Å². The predicted molar refractivity (Wildman–Crippen MR) is 103 cm³/mol. The van der Waals surface area contributed by atoms with Crippen molar-refractivity contribution in [3.05, 3.63) is 0 Å². The number of rotatable bonds is 10. The SMILES string of the molecule is CCCCCCCCC1(OC(=O)C2CCCCC2C(=O)O)CCCCC1. The summed E-state index contributed by atoms with van der Waals surface area (Å²) in [7, 11) is 0. The highest BCUT2D eigenvalue weighted by atomic mass is 16.6. The number of unbranched alkanes of at least 4 members (excludes halogenated alkanes) is 5. The number of carbonyl (C=O) groups excluding carboxylic acids is 1. The molecular weight excluding hydrogens is 328 g/mol. The molecule has 0 aromatic rings. The molecule has 0 aliphatic heterocycles. The Bertz CT molecular complexity index is 439. The first-order valence-corrected chi connectivity index (χ1v) is 11.0. The van der Waals surface area contributed by atoms with Crippen LogP contribution in [0.3, 0.4) is 0 Å². The summed E-state index contributed by atoms with van der Waals surface area (Å²) in [6.45, 7) is 2.23. The van der Waals surface area contributed by atoms with Gasteiger partial charge in [-0.1, -0.05) is 58.3 Å². The molecule has 2 aliphatic rings. The molecule has 2 saturated carbocycles. The van der Waals surface area contributed by atoms with Gasteiger partial charge in [0.05, 0.1) is 11.8 Å². The summed E-state index contributed by atoms with van der Waals surface area (Å²) >= 11 is 0. The van der Waals surface area contributed by atoms with E-state index in [-0.39, 0.29) is 11.6 Å². The highest BCUT2D eigenvalue weighted by Gasteiger charge is 2.42. The standard InChI is InChI=1S/C22H38O4/c1-2-3-4-5-6-10-15-22(16-11-7-12-17-22)26-21(25)19-14-9-8-13-18(19)20(23)24/h18-19H,2-17H2,1H3,(H,23,24). The Morgan fingerprint density at radius 1 is 0.885 bits per heavy atom. The first-order chi connectivity index (χ1) is 12.6. The number of aliphatic carboxylic acids is 1. The first kappa shape index (κ1) is 21.2. The van der Waals surface area contributed by atoms with Gasteiger partial charge in [-0.3, -0.25) is 9.59 Å². The minimum absolute atomic E-state index is 0.231. The van der Waals surface area contributed by atoms with Gasteiger partial charge >= 0.3 is 11.9 Å². The van der Waals surface area contributed by atoms with E-state index in [4.69, 9.17) is 4.74 Å². The van der Waals surface area contributed by atoms with Crippen LogP contribution in [0.15, 0.2) is 0 Å². The van der Waals surface area contributed by atoms with Crippen LogP contribution in [0, 0.1) is 11.8 Å². The molecule has 0 aromatic heterocycles. The van der Waals surface area contributed by atoms with Gasteiger partial charge in [-0.2, -0.15) is 0 Å². The van der Waals surface area contributed by atoms with Gasteiger partial charge in [0, 0.05) is 0 Å². The third-order valence-electron chi connectivity index (χ3n) is 6.45. The van der Waals surface area contributed by atoms with Crippen LogP contribution in [0.1, 0.15) is 110 Å². The van der Waals surface area contributed by atoms with Crippen LogP contribution in [0.5, 0.6) is 0 Å². The Kier molecular flexibility index (Phi) is 8.94. The average Bonchev–Trinajstić information content (AvgIpc) is 2.65. The quantitative estimate of drug-likeness (QED) is 0.388. The highest BCUT2D eigenvalue weighted by molar-refractivity contribution is 5.81. The van der Waals surface area contributed by atoms with E-state index >= 15 is 0 Å². The average molecular weight is 367 g/mol.